The van der Waals surface area contributed by atoms with Crippen LogP contribution in [0.3, 0.4) is 0 Å². The van der Waals surface area contributed by atoms with Crippen LogP contribution in [0.4, 0.5) is 4.39 Å². The molecule has 0 aliphatic carbocycles. The lowest BCUT2D eigenvalue weighted by molar-refractivity contribution is 0.477. The van der Waals surface area contributed by atoms with Crippen LogP contribution in [0.15, 0.2) is 36.4 Å². The van der Waals surface area contributed by atoms with E-state index in [0.717, 1.165) is 11.0 Å². The third kappa shape index (κ3) is 1.81. The zero-order chi connectivity index (χ0) is 11.7. The third-order valence-electron chi connectivity index (χ3n) is 2.61. The van der Waals surface area contributed by atoms with Gasteiger partial charge in [-0.15, -0.1) is 0 Å². The highest BCUT2D eigenvalue weighted by atomic mass is 19.1. The van der Waals surface area contributed by atoms with Gasteiger partial charge in [0.15, 0.2) is 0 Å². The Labute approximate surface area is 95.0 Å². The highest BCUT2D eigenvalue weighted by molar-refractivity contribution is 6.36. The van der Waals surface area contributed by atoms with Gasteiger partial charge in [-0.25, -0.2) is 4.39 Å². The molecule has 2 aromatic rings. The van der Waals surface area contributed by atoms with Crippen molar-refractivity contribution < 1.29 is 9.50 Å². The number of benzene rings is 2. The molecule has 0 atom stereocenters. The highest BCUT2D eigenvalue weighted by Gasteiger charge is 2.11. The number of phenolic OH excluding ortho intramolecular Hbond substituents is 1. The molecule has 0 bridgehead atoms. The number of hydrogen-bond acceptors (Lipinski definition) is 1. The van der Waals surface area contributed by atoms with E-state index in [2.05, 4.69) is 0 Å². The van der Waals surface area contributed by atoms with Gasteiger partial charge in [-0.1, -0.05) is 29.7 Å². The van der Waals surface area contributed by atoms with Crippen molar-refractivity contribution in [3.63, 3.8) is 0 Å². The quantitative estimate of drug-likeness (QED) is 0.717. The van der Waals surface area contributed by atoms with E-state index in [1.54, 1.807) is 24.3 Å². The molecule has 0 aromatic heterocycles. The first kappa shape index (κ1) is 10.7. The molecule has 1 N–H and O–H groups in total. The summed E-state index contributed by atoms with van der Waals surface area (Å²) in [5.74, 6) is -0.188. The molecule has 16 heavy (non-hydrogen) atoms. The van der Waals surface area contributed by atoms with Crippen LogP contribution < -0.4 is 5.46 Å². The van der Waals surface area contributed by atoms with Crippen molar-refractivity contribution in [2.24, 2.45) is 0 Å². The Hall–Kier alpha value is -1.77. The second-order valence-corrected chi connectivity index (χ2v) is 3.96. The monoisotopic (exact) mass is 214 g/mol. The van der Waals surface area contributed by atoms with Gasteiger partial charge >= 0.3 is 0 Å². The Morgan fingerprint density at radius 1 is 1.19 bits per heavy atom. The fraction of sp³-hybridized carbons (Fsp3) is 0.0769. The van der Waals surface area contributed by atoms with Gasteiger partial charge in [0.05, 0.1) is 0 Å². The minimum Gasteiger partial charge on any atom is -0.507 e. The van der Waals surface area contributed by atoms with Crippen LogP contribution in [0.1, 0.15) is 5.56 Å². The molecule has 0 spiro atoms. The van der Waals surface area contributed by atoms with E-state index in [4.69, 9.17) is 0 Å². The molecule has 2 rings (SSSR count). The predicted octanol–water partition coefficient (Wildman–Crippen LogP) is 1.77. The number of rotatable bonds is 1. The molecule has 80 valence electrons. The smallest absolute Gasteiger partial charge is 0.140 e. The molecule has 1 nitrogen and oxygen atoms in total. The summed E-state index contributed by atoms with van der Waals surface area (Å²) in [6.07, 6.45) is 0. The first-order chi connectivity index (χ1) is 7.59. The number of halogens is 1. The highest BCUT2D eigenvalue weighted by Crippen LogP contribution is 2.29. The molecular weight excluding hydrogens is 202 g/mol. The number of phenols is 1. The van der Waals surface area contributed by atoms with Gasteiger partial charge < -0.3 is 5.11 Å². The largest absolute Gasteiger partial charge is 0.507 e. The Balaban J connectivity index is 2.70. The minimum atomic E-state index is -0.293. The van der Waals surface area contributed by atoms with Gasteiger partial charge in [0, 0.05) is 11.1 Å². The SMILES string of the molecule is Bc1cc(C)cc(F)c1-c1ccccc1O. The molecule has 2 aromatic carbocycles. The van der Waals surface area contributed by atoms with E-state index in [9.17, 15) is 9.50 Å². The van der Waals surface area contributed by atoms with Gasteiger partial charge in [-0.3, -0.25) is 0 Å². The Morgan fingerprint density at radius 3 is 2.50 bits per heavy atom. The van der Waals surface area contributed by atoms with E-state index < -0.39 is 0 Å². The van der Waals surface area contributed by atoms with Crippen LogP contribution in [0, 0.1) is 12.7 Å². The molecular formula is C13H12BFO. The molecule has 0 saturated heterocycles. The second-order valence-electron chi connectivity index (χ2n) is 3.96. The molecule has 0 unspecified atom stereocenters. The number of aromatic hydroxyl groups is 1. The fourth-order valence-corrected chi connectivity index (χ4v) is 1.94. The molecule has 0 amide bonds. The van der Waals surface area contributed by atoms with Crippen LogP contribution in [-0.4, -0.2) is 13.0 Å². The average molecular weight is 214 g/mol. The van der Waals surface area contributed by atoms with Gasteiger partial charge in [0.2, 0.25) is 0 Å². The van der Waals surface area contributed by atoms with Crippen molar-refractivity contribution in [2.75, 3.05) is 0 Å². The second kappa shape index (κ2) is 4.01. The van der Waals surface area contributed by atoms with Crippen LogP contribution >= 0.6 is 0 Å². The van der Waals surface area contributed by atoms with E-state index in [1.807, 2.05) is 20.8 Å². The maximum atomic E-state index is 13.9. The summed E-state index contributed by atoms with van der Waals surface area (Å²) in [7, 11) is 1.85. The van der Waals surface area contributed by atoms with Crippen molar-refractivity contribution in [2.45, 2.75) is 6.92 Å². The Bertz CT molecular complexity index is 514. The number of hydrogen-bond donors (Lipinski definition) is 1. The summed E-state index contributed by atoms with van der Waals surface area (Å²) >= 11 is 0. The number of aryl methyl sites for hydroxylation is 1. The topological polar surface area (TPSA) is 20.2 Å². The zero-order valence-corrected chi connectivity index (χ0v) is 9.29. The van der Waals surface area contributed by atoms with Gasteiger partial charge in [-0.05, 0) is 24.6 Å². The lowest BCUT2D eigenvalue weighted by Crippen LogP contribution is -2.10. The predicted molar refractivity (Wildman–Crippen MR) is 66.4 cm³/mol. The average Bonchev–Trinajstić information content (AvgIpc) is 2.19. The first-order valence-corrected chi connectivity index (χ1v) is 5.14. The Morgan fingerprint density at radius 2 is 1.88 bits per heavy atom. The molecule has 0 saturated carbocycles. The molecule has 0 heterocycles. The van der Waals surface area contributed by atoms with Crippen molar-refractivity contribution in [3.05, 3.63) is 47.8 Å². The summed E-state index contributed by atoms with van der Waals surface area (Å²) < 4.78 is 13.9. The summed E-state index contributed by atoms with van der Waals surface area (Å²) in [6, 6.07) is 10.2. The summed E-state index contributed by atoms with van der Waals surface area (Å²) in [4.78, 5) is 0. The minimum absolute atomic E-state index is 0.105. The fourth-order valence-electron chi connectivity index (χ4n) is 1.94. The standard InChI is InChI=1S/C13H12BFO/c1-8-6-10(14)13(11(15)7-8)9-4-2-3-5-12(9)16/h2-7,16H,14H2,1H3. The summed E-state index contributed by atoms with van der Waals surface area (Å²) in [5, 5.41) is 9.72. The van der Waals surface area contributed by atoms with Crippen LogP contribution in [-0.2, 0) is 0 Å². The van der Waals surface area contributed by atoms with Crippen molar-refractivity contribution in [3.8, 4) is 16.9 Å². The van der Waals surface area contributed by atoms with Gasteiger partial charge in [-0.2, -0.15) is 0 Å². The molecule has 0 radical (unpaired) electrons. The van der Waals surface area contributed by atoms with Gasteiger partial charge in [0.1, 0.15) is 19.4 Å². The maximum Gasteiger partial charge on any atom is 0.140 e. The molecule has 0 fully saturated rings. The van der Waals surface area contributed by atoms with E-state index in [0.29, 0.717) is 11.1 Å². The van der Waals surface area contributed by atoms with E-state index in [1.165, 1.54) is 6.07 Å². The van der Waals surface area contributed by atoms with E-state index >= 15 is 0 Å². The van der Waals surface area contributed by atoms with Crippen LogP contribution in [0.2, 0.25) is 0 Å². The summed E-state index contributed by atoms with van der Waals surface area (Å²) in [5.41, 5.74) is 2.73. The normalized spacial score (nSPS) is 10.4. The van der Waals surface area contributed by atoms with Crippen molar-refractivity contribution in [1.29, 1.82) is 0 Å². The molecule has 0 aliphatic rings. The van der Waals surface area contributed by atoms with Crippen molar-refractivity contribution in [1.82, 2.24) is 0 Å². The number of para-hydroxylation sites is 1. The molecule has 3 heteroatoms. The van der Waals surface area contributed by atoms with Crippen molar-refractivity contribution >= 4 is 13.3 Å². The lowest BCUT2D eigenvalue weighted by Gasteiger charge is -2.10. The van der Waals surface area contributed by atoms with Crippen LogP contribution in [0.25, 0.3) is 11.1 Å². The maximum absolute atomic E-state index is 13.9. The van der Waals surface area contributed by atoms with E-state index in [-0.39, 0.29) is 11.6 Å². The van der Waals surface area contributed by atoms with Crippen LogP contribution in [0.5, 0.6) is 5.75 Å². The first-order valence-electron chi connectivity index (χ1n) is 5.14. The summed E-state index contributed by atoms with van der Waals surface area (Å²) in [6.45, 7) is 1.85. The Kier molecular flexibility index (Phi) is 2.69. The molecule has 0 aliphatic heterocycles. The third-order valence-corrected chi connectivity index (χ3v) is 2.61. The lowest BCUT2D eigenvalue weighted by atomic mass is 9.85. The zero-order valence-electron chi connectivity index (χ0n) is 9.29. The van der Waals surface area contributed by atoms with Gasteiger partial charge in [0.25, 0.3) is 0 Å².